The molecule has 7 nitrogen and oxygen atoms in total. The Hall–Kier alpha value is -1.89. The van der Waals surface area contributed by atoms with E-state index in [9.17, 15) is 14.9 Å². The van der Waals surface area contributed by atoms with Crippen LogP contribution in [-0.2, 0) is 4.79 Å². The first-order valence-corrected chi connectivity index (χ1v) is 5.68. The largest absolute Gasteiger partial charge is 0.480 e. The first-order chi connectivity index (χ1) is 8.50. The van der Waals surface area contributed by atoms with Crippen molar-refractivity contribution in [2.45, 2.75) is 18.9 Å². The number of pyridine rings is 1. The van der Waals surface area contributed by atoms with Crippen molar-refractivity contribution >= 4 is 29.1 Å². The number of nitrogens with zero attached hydrogens (tertiary/aromatic N) is 3. The highest BCUT2D eigenvalue weighted by molar-refractivity contribution is 6.30. The highest BCUT2D eigenvalue weighted by atomic mass is 35.5. The van der Waals surface area contributed by atoms with Crippen LogP contribution < -0.4 is 4.90 Å². The highest BCUT2D eigenvalue weighted by Gasteiger charge is 2.35. The van der Waals surface area contributed by atoms with Crippen LogP contribution in [-0.4, -0.2) is 33.6 Å². The minimum Gasteiger partial charge on any atom is -0.480 e. The molecular formula is C10H10ClN3O4. The molecule has 1 aromatic heterocycles. The van der Waals surface area contributed by atoms with Crippen molar-refractivity contribution in [3.63, 3.8) is 0 Å². The van der Waals surface area contributed by atoms with Crippen LogP contribution >= 0.6 is 11.6 Å². The van der Waals surface area contributed by atoms with E-state index in [0.29, 0.717) is 19.4 Å². The van der Waals surface area contributed by atoms with Crippen molar-refractivity contribution in [3.05, 3.63) is 27.4 Å². The maximum absolute atomic E-state index is 11.1. The molecule has 96 valence electrons. The topological polar surface area (TPSA) is 96.6 Å². The first-order valence-electron chi connectivity index (χ1n) is 5.30. The van der Waals surface area contributed by atoms with Crippen molar-refractivity contribution in [1.82, 2.24) is 4.98 Å². The Kier molecular flexibility index (Phi) is 3.33. The Morgan fingerprint density at radius 2 is 2.39 bits per heavy atom. The molecule has 0 bridgehead atoms. The Morgan fingerprint density at radius 3 is 3.00 bits per heavy atom. The van der Waals surface area contributed by atoms with Gasteiger partial charge in [0.05, 0.1) is 9.95 Å². The van der Waals surface area contributed by atoms with Crippen LogP contribution in [0, 0.1) is 10.1 Å². The van der Waals surface area contributed by atoms with Gasteiger partial charge in [-0.05, 0) is 12.8 Å². The molecule has 0 saturated carbocycles. The molecule has 2 rings (SSSR count). The zero-order chi connectivity index (χ0) is 13.3. The van der Waals surface area contributed by atoms with E-state index in [1.807, 2.05) is 0 Å². The average Bonchev–Trinajstić information content (AvgIpc) is 2.77. The van der Waals surface area contributed by atoms with Gasteiger partial charge in [0, 0.05) is 18.8 Å². The second-order valence-electron chi connectivity index (χ2n) is 3.94. The van der Waals surface area contributed by atoms with Gasteiger partial charge in [-0.25, -0.2) is 9.78 Å². The van der Waals surface area contributed by atoms with Gasteiger partial charge in [0.1, 0.15) is 6.04 Å². The number of hydrogen-bond donors (Lipinski definition) is 1. The molecule has 1 fully saturated rings. The summed E-state index contributed by atoms with van der Waals surface area (Å²) in [6.07, 6.45) is 2.40. The smallest absolute Gasteiger partial charge is 0.326 e. The van der Waals surface area contributed by atoms with E-state index in [1.165, 1.54) is 17.2 Å². The lowest BCUT2D eigenvalue weighted by atomic mass is 10.2. The van der Waals surface area contributed by atoms with Gasteiger partial charge >= 0.3 is 11.7 Å². The molecule has 1 atom stereocenters. The van der Waals surface area contributed by atoms with Gasteiger partial charge in [-0.3, -0.25) is 10.1 Å². The molecule has 0 amide bonds. The Morgan fingerprint density at radius 1 is 1.67 bits per heavy atom. The molecule has 0 aromatic carbocycles. The number of anilines is 1. The van der Waals surface area contributed by atoms with Gasteiger partial charge in [-0.2, -0.15) is 0 Å². The third-order valence-corrected chi connectivity index (χ3v) is 3.03. The van der Waals surface area contributed by atoms with E-state index >= 15 is 0 Å². The number of carbonyl (C=O) groups is 1. The summed E-state index contributed by atoms with van der Waals surface area (Å²) < 4.78 is 0. The Labute approximate surface area is 107 Å². The fourth-order valence-electron chi connectivity index (χ4n) is 2.05. The molecule has 8 heteroatoms. The molecule has 1 unspecified atom stereocenters. The van der Waals surface area contributed by atoms with Crippen LogP contribution in [0.4, 0.5) is 11.5 Å². The maximum Gasteiger partial charge on any atom is 0.326 e. The summed E-state index contributed by atoms with van der Waals surface area (Å²) in [7, 11) is 0. The SMILES string of the molecule is O=C(O)C1CCCN1c1ncc(Cl)cc1[N+](=O)[O-]. The molecule has 0 radical (unpaired) electrons. The minimum atomic E-state index is -1.00. The quantitative estimate of drug-likeness (QED) is 0.664. The zero-order valence-electron chi connectivity index (χ0n) is 9.24. The number of rotatable bonds is 3. The molecule has 2 heterocycles. The second kappa shape index (κ2) is 4.77. The summed E-state index contributed by atoms with van der Waals surface area (Å²) in [5.74, 6) is -0.937. The van der Waals surface area contributed by atoms with Crippen molar-refractivity contribution in [2.24, 2.45) is 0 Å². The number of carboxylic acids is 1. The molecule has 1 saturated heterocycles. The predicted molar refractivity (Wildman–Crippen MR) is 63.9 cm³/mol. The van der Waals surface area contributed by atoms with E-state index < -0.39 is 16.9 Å². The summed E-state index contributed by atoms with van der Waals surface area (Å²) in [5, 5.41) is 20.2. The minimum absolute atomic E-state index is 0.0642. The van der Waals surface area contributed by atoms with E-state index in [0.717, 1.165) is 0 Å². The normalized spacial score (nSPS) is 18.9. The van der Waals surface area contributed by atoms with Gasteiger partial charge < -0.3 is 10.0 Å². The summed E-state index contributed by atoms with van der Waals surface area (Å²) in [6.45, 7) is 0.437. The van der Waals surface area contributed by atoms with Crippen LogP contribution in [0.2, 0.25) is 5.02 Å². The third-order valence-electron chi connectivity index (χ3n) is 2.82. The zero-order valence-corrected chi connectivity index (χ0v) is 10.0. The van der Waals surface area contributed by atoms with Gasteiger partial charge in [0.15, 0.2) is 0 Å². The number of aromatic nitrogens is 1. The summed E-state index contributed by atoms with van der Waals surface area (Å²) in [4.78, 5) is 26.7. The van der Waals surface area contributed by atoms with Crippen LogP contribution in [0.5, 0.6) is 0 Å². The summed E-state index contributed by atoms with van der Waals surface area (Å²) in [5.41, 5.74) is -0.268. The lowest BCUT2D eigenvalue weighted by Crippen LogP contribution is -2.36. The number of nitro groups is 1. The average molecular weight is 272 g/mol. The van der Waals surface area contributed by atoms with Crippen molar-refractivity contribution in [2.75, 3.05) is 11.4 Å². The lowest BCUT2D eigenvalue weighted by Gasteiger charge is -2.21. The number of hydrogen-bond acceptors (Lipinski definition) is 5. The fraction of sp³-hybridized carbons (Fsp3) is 0.400. The fourth-order valence-corrected chi connectivity index (χ4v) is 2.21. The number of aliphatic carboxylic acids is 1. The van der Waals surface area contributed by atoms with E-state index in [4.69, 9.17) is 16.7 Å². The van der Waals surface area contributed by atoms with E-state index in [1.54, 1.807) is 0 Å². The van der Waals surface area contributed by atoms with Gasteiger partial charge in [-0.1, -0.05) is 11.6 Å². The molecule has 18 heavy (non-hydrogen) atoms. The molecule has 1 aromatic rings. The Bertz CT molecular complexity index is 508. The van der Waals surface area contributed by atoms with Crippen molar-refractivity contribution in [3.8, 4) is 0 Å². The predicted octanol–water partition coefficient (Wildman–Crippen LogP) is 1.70. The van der Waals surface area contributed by atoms with E-state index in [-0.39, 0.29) is 16.5 Å². The molecule has 0 spiro atoms. The maximum atomic E-state index is 11.1. The second-order valence-corrected chi connectivity index (χ2v) is 4.38. The van der Waals surface area contributed by atoms with Gasteiger partial charge in [0.25, 0.3) is 0 Å². The summed E-state index contributed by atoms with van der Waals surface area (Å²) in [6, 6.07) is 0.415. The van der Waals surface area contributed by atoms with Crippen LogP contribution in [0.1, 0.15) is 12.8 Å². The van der Waals surface area contributed by atoms with Crippen molar-refractivity contribution < 1.29 is 14.8 Å². The molecular weight excluding hydrogens is 262 g/mol. The summed E-state index contributed by atoms with van der Waals surface area (Å²) >= 11 is 5.66. The van der Waals surface area contributed by atoms with Crippen LogP contribution in [0.25, 0.3) is 0 Å². The number of carboxylic acid groups (broad SMARTS) is 1. The monoisotopic (exact) mass is 271 g/mol. The van der Waals surface area contributed by atoms with E-state index in [2.05, 4.69) is 4.98 Å². The third kappa shape index (κ3) is 2.21. The van der Waals surface area contributed by atoms with Gasteiger partial charge in [-0.15, -0.1) is 0 Å². The molecule has 1 aliphatic heterocycles. The highest BCUT2D eigenvalue weighted by Crippen LogP contribution is 2.33. The van der Waals surface area contributed by atoms with Crippen LogP contribution in [0.3, 0.4) is 0 Å². The van der Waals surface area contributed by atoms with Crippen LogP contribution in [0.15, 0.2) is 12.3 Å². The standard InChI is InChI=1S/C10H10ClN3O4/c11-6-4-8(14(17)18)9(12-5-6)13-3-1-2-7(13)10(15)16/h4-5,7H,1-3H2,(H,15,16). The Balaban J connectivity index is 2.44. The molecule has 1 N–H and O–H groups in total. The molecule has 1 aliphatic rings. The lowest BCUT2D eigenvalue weighted by molar-refractivity contribution is -0.384. The first kappa shape index (κ1) is 12.6. The molecule has 0 aliphatic carbocycles. The van der Waals surface area contributed by atoms with Gasteiger partial charge in [0.2, 0.25) is 5.82 Å². The number of halogens is 1. The van der Waals surface area contributed by atoms with Crippen molar-refractivity contribution in [1.29, 1.82) is 0 Å².